The first kappa shape index (κ1) is 16.6. The van der Waals surface area contributed by atoms with Crippen LogP contribution in [0.4, 0.5) is 8.78 Å². The zero-order valence-corrected chi connectivity index (χ0v) is 13.2. The van der Waals surface area contributed by atoms with E-state index in [2.05, 4.69) is 61.0 Å². The Bertz CT molecular complexity index is 371. The van der Waals surface area contributed by atoms with Gasteiger partial charge in [-0.25, -0.2) is 8.78 Å². The van der Waals surface area contributed by atoms with Gasteiger partial charge in [0, 0.05) is 11.4 Å². The molecule has 19 heavy (non-hydrogen) atoms. The molecule has 0 saturated heterocycles. The van der Waals surface area contributed by atoms with Gasteiger partial charge in [0.25, 0.3) is 6.43 Å². The molecule has 108 valence electrons. The molecule has 0 fully saturated rings. The molecule has 0 aliphatic heterocycles. The fourth-order valence-corrected chi connectivity index (χ4v) is 2.21. The molecule has 0 radical (unpaired) electrons. The van der Waals surface area contributed by atoms with Crippen LogP contribution in [0.3, 0.4) is 0 Å². The highest BCUT2D eigenvalue weighted by Gasteiger charge is 2.14. The lowest BCUT2D eigenvalue weighted by molar-refractivity contribution is 0.0167. The van der Waals surface area contributed by atoms with E-state index in [9.17, 15) is 8.78 Å². The molecule has 1 aromatic rings. The van der Waals surface area contributed by atoms with Crippen LogP contribution in [-0.2, 0) is 10.2 Å². The molecule has 1 rings (SSSR count). The Morgan fingerprint density at radius 1 is 1.16 bits per heavy atom. The molecular weight excluding hydrogens is 314 g/mol. The van der Waals surface area contributed by atoms with Gasteiger partial charge in [0.15, 0.2) is 0 Å². The zero-order chi connectivity index (χ0) is 14.5. The standard InChI is InChI=1S/C15H21BrF2O/c1-15(2,3)12-6-4-11(5-7-12)13(16)8-9-19-10-14(17)18/h4-7,13-14H,8-10H2,1-3H3. The normalized spacial score (nSPS) is 13.8. The number of ether oxygens (including phenoxy) is 1. The number of alkyl halides is 3. The molecule has 1 aromatic carbocycles. The predicted molar refractivity (Wildman–Crippen MR) is 78.3 cm³/mol. The highest BCUT2D eigenvalue weighted by atomic mass is 79.9. The maximum absolute atomic E-state index is 11.9. The molecule has 0 spiro atoms. The van der Waals surface area contributed by atoms with Crippen molar-refractivity contribution >= 4 is 15.9 Å². The van der Waals surface area contributed by atoms with E-state index in [0.717, 1.165) is 5.56 Å². The first-order valence-corrected chi connectivity index (χ1v) is 7.32. The van der Waals surface area contributed by atoms with Crippen molar-refractivity contribution in [2.24, 2.45) is 0 Å². The fraction of sp³-hybridized carbons (Fsp3) is 0.600. The van der Waals surface area contributed by atoms with Gasteiger partial charge in [-0.2, -0.15) is 0 Å². The van der Waals surface area contributed by atoms with Crippen LogP contribution in [0.2, 0.25) is 0 Å². The van der Waals surface area contributed by atoms with Crippen LogP contribution in [0.1, 0.15) is 43.1 Å². The highest BCUT2D eigenvalue weighted by molar-refractivity contribution is 9.09. The van der Waals surface area contributed by atoms with Crippen molar-refractivity contribution in [3.8, 4) is 0 Å². The lowest BCUT2D eigenvalue weighted by Crippen LogP contribution is -2.11. The summed E-state index contributed by atoms with van der Waals surface area (Å²) in [7, 11) is 0. The molecule has 0 aromatic heterocycles. The summed E-state index contributed by atoms with van der Waals surface area (Å²) in [5.74, 6) is 0. The lowest BCUT2D eigenvalue weighted by atomic mass is 9.86. The Hall–Kier alpha value is -0.480. The third kappa shape index (κ3) is 6.00. The second kappa shape index (κ2) is 7.34. The van der Waals surface area contributed by atoms with Gasteiger partial charge >= 0.3 is 0 Å². The molecule has 0 saturated carbocycles. The van der Waals surface area contributed by atoms with Crippen molar-refractivity contribution in [2.45, 2.75) is 43.9 Å². The molecule has 1 unspecified atom stereocenters. The molecule has 4 heteroatoms. The minimum Gasteiger partial charge on any atom is -0.375 e. The second-order valence-electron chi connectivity index (χ2n) is 5.59. The Labute approximate surface area is 122 Å². The van der Waals surface area contributed by atoms with E-state index in [0.29, 0.717) is 13.0 Å². The van der Waals surface area contributed by atoms with E-state index >= 15 is 0 Å². The molecule has 0 heterocycles. The highest BCUT2D eigenvalue weighted by Crippen LogP contribution is 2.29. The van der Waals surface area contributed by atoms with Crippen molar-refractivity contribution in [1.82, 2.24) is 0 Å². The Kier molecular flexibility index (Phi) is 6.40. The summed E-state index contributed by atoms with van der Waals surface area (Å²) in [6.45, 7) is 6.37. The summed E-state index contributed by atoms with van der Waals surface area (Å²) in [6.07, 6.45) is -1.71. The first-order valence-electron chi connectivity index (χ1n) is 6.41. The number of rotatable bonds is 6. The predicted octanol–water partition coefficient (Wildman–Crippen LogP) is 5.09. The van der Waals surface area contributed by atoms with Gasteiger partial charge in [0.1, 0.15) is 6.61 Å². The molecule has 0 bridgehead atoms. The van der Waals surface area contributed by atoms with Gasteiger partial charge in [-0.1, -0.05) is 61.0 Å². The maximum atomic E-state index is 11.9. The average Bonchev–Trinajstić information content (AvgIpc) is 2.33. The van der Waals surface area contributed by atoms with Crippen LogP contribution in [0.15, 0.2) is 24.3 Å². The molecular formula is C15H21BrF2O. The molecule has 0 amide bonds. The third-order valence-electron chi connectivity index (χ3n) is 2.90. The van der Waals surface area contributed by atoms with Crippen LogP contribution in [0.5, 0.6) is 0 Å². The summed E-state index contributed by atoms with van der Waals surface area (Å²) in [5.41, 5.74) is 2.57. The Morgan fingerprint density at radius 2 is 1.74 bits per heavy atom. The number of benzene rings is 1. The van der Waals surface area contributed by atoms with Gasteiger partial charge in [-0.3, -0.25) is 0 Å². The number of hydrogen-bond acceptors (Lipinski definition) is 1. The van der Waals surface area contributed by atoms with Crippen LogP contribution in [0, 0.1) is 0 Å². The van der Waals surface area contributed by atoms with E-state index in [1.807, 2.05) is 0 Å². The van der Waals surface area contributed by atoms with Gasteiger partial charge in [-0.15, -0.1) is 0 Å². The van der Waals surface area contributed by atoms with E-state index in [-0.39, 0.29) is 10.2 Å². The van der Waals surface area contributed by atoms with E-state index in [1.54, 1.807) is 0 Å². The van der Waals surface area contributed by atoms with Gasteiger partial charge < -0.3 is 4.74 Å². The van der Waals surface area contributed by atoms with Crippen molar-refractivity contribution in [1.29, 1.82) is 0 Å². The SMILES string of the molecule is CC(C)(C)c1ccc(C(Br)CCOCC(F)F)cc1. The number of hydrogen-bond donors (Lipinski definition) is 0. The van der Waals surface area contributed by atoms with Crippen molar-refractivity contribution < 1.29 is 13.5 Å². The lowest BCUT2D eigenvalue weighted by Gasteiger charge is -2.20. The van der Waals surface area contributed by atoms with Gasteiger partial charge in [0.05, 0.1) is 0 Å². The first-order chi connectivity index (χ1) is 8.80. The average molecular weight is 335 g/mol. The number of halogens is 3. The molecule has 1 atom stereocenters. The van der Waals surface area contributed by atoms with Crippen LogP contribution in [-0.4, -0.2) is 19.6 Å². The molecule has 1 nitrogen and oxygen atoms in total. The summed E-state index contributed by atoms with van der Waals surface area (Å²) < 4.78 is 28.7. The quantitative estimate of drug-likeness (QED) is 0.520. The van der Waals surface area contributed by atoms with Crippen molar-refractivity contribution in [2.75, 3.05) is 13.2 Å². The minimum atomic E-state index is -2.39. The maximum Gasteiger partial charge on any atom is 0.261 e. The zero-order valence-electron chi connectivity index (χ0n) is 11.6. The van der Waals surface area contributed by atoms with Crippen LogP contribution < -0.4 is 0 Å². The monoisotopic (exact) mass is 334 g/mol. The topological polar surface area (TPSA) is 9.23 Å². The van der Waals surface area contributed by atoms with E-state index in [1.165, 1.54) is 5.56 Å². The van der Waals surface area contributed by atoms with E-state index in [4.69, 9.17) is 4.74 Å². The Balaban J connectivity index is 2.47. The summed E-state index contributed by atoms with van der Waals surface area (Å²) in [4.78, 5) is 0.138. The largest absolute Gasteiger partial charge is 0.375 e. The van der Waals surface area contributed by atoms with Crippen molar-refractivity contribution in [3.63, 3.8) is 0 Å². The van der Waals surface area contributed by atoms with Crippen LogP contribution >= 0.6 is 15.9 Å². The molecule has 0 aliphatic rings. The summed E-state index contributed by atoms with van der Waals surface area (Å²) in [5, 5.41) is 0. The summed E-state index contributed by atoms with van der Waals surface area (Å²) in [6, 6.07) is 8.38. The molecule has 0 aliphatic carbocycles. The smallest absolute Gasteiger partial charge is 0.261 e. The summed E-state index contributed by atoms with van der Waals surface area (Å²) >= 11 is 3.56. The van der Waals surface area contributed by atoms with Crippen LogP contribution in [0.25, 0.3) is 0 Å². The van der Waals surface area contributed by atoms with E-state index < -0.39 is 13.0 Å². The Morgan fingerprint density at radius 3 is 2.21 bits per heavy atom. The second-order valence-corrected chi connectivity index (χ2v) is 6.70. The molecule has 0 N–H and O–H groups in total. The van der Waals surface area contributed by atoms with Gasteiger partial charge in [0.2, 0.25) is 0 Å². The third-order valence-corrected chi connectivity index (χ3v) is 3.88. The fourth-order valence-electron chi connectivity index (χ4n) is 1.72. The van der Waals surface area contributed by atoms with Gasteiger partial charge in [-0.05, 0) is 23.0 Å². The minimum absolute atomic E-state index is 0.138. The van der Waals surface area contributed by atoms with Crippen molar-refractivity contribution in [3.05, 3.63) is 35.4 Å².